The van der Waals surface area contributed by atoms with E-state index in [9.17, 15) is 0 Å². The molecule has 1 N–H and O–H groups in total. The molecule has 0 unspecified atom stereocenters. The highest BCUT2D eigenvalue weighted by Gasteiger charge is 2.07. The van der Waals surface area contributed by atoms with E-state index in [0.29, 0.717) is 0 Å². The summed E-state index contributed by atoms with van der Waals surface area (Å²) in [5.74, 6) is 0.778. The van der Waals surface area contributed by atoms with Crippen LogP contribution in [0, 0.1) is 0 Å². The van der Waals surface area contributed by atoms with E-state index >= 15 is 0 Å². The number of aromatic nitrogens is 2. The van der Waals surface area contributed by atoms with Crippen molar-refractivity contribution < 1.29 is 0 Å². The van der Waals surface area contributed by atoms with Crippen molar-refractivity contribution >= 4 is 28.3 Å². The maximum absolute atomic E-state index is 5.87. The van der Waals surface area contributed by atoms with Crippen molar-refractivity contribution in [3.8, 4) is 0 Å². The summed E-state index contributed by atoms with van der Waals surface area (Å²) in [6.45, 7) is 2.10. The summed E-state index contributed by atoms with van der Waals surface area (Å²) in [6, 6.07) is 6.07. The Morgan fingerprint density at radius 1 is 1.33 bits per heavy atom. The van der Waals surface area contributed by atoms with Gasteiger partial charge in [-0.25, -0.2) is 9.97 Å². The van der Waals surface area contributed by atoms with E-state index in [4.69, 9.17) is 11.6 Å². The summed E-state index contributed by atoms with van der Waals surface area (Å²) in [5, 5.41) is 4.33. The van der Waals surface area contributed by atoms with Crippen molar-refractivity contribution in [3.63, 3.8) is 0 Å². The van der Waals surface area contributed by atoms with Gasteiger partial charge in [-0.3, -0.25) is 0 Å². The molecule has 0 saturated heterocycles. The molecule has 0 aliphatic heterocycles. The van der Waals surface area contributed by atoms with Crippen LogP contribution in [0.1, 0.15) is 12.5 Å². The minimum Gasteiger partial charge on any atom is -0.372 e. The number of halogens is 1. The van der Waals surface area contributed by atoms with E-state index in [-0.39, 0.29) is 5.28 Å². The van der Waals surface area contributed by atoms with Crippen LogP contribution in [0.3, 0.4) is 0 Å². The molecular weight excluding hydrogens is 210 g/mol. The average molecular weight is 222 g/mol. The molecular formula is C11H12ClN3. The molecule has 15 heavy (non-hydrogen) atoms. The second-order valence-electron chi connectivity index (χ2n) is 3.26. The molecule has 3 nitrogen and oxygen atoms in total. The van der Waals surface area contributed by atoms with Gasteiger partial charge in [0.15, 0.2) is 0 Å². The molecule has 1 heterocycles. The van der Waals surface area contributed by atoms with E-state index in [2.05, 4.69) is 28.3 Å². The van der Waals surface area contributed by atoms with Crippen molar-refractivity contribution in [2.24, 2.45) is 0 Å². The van der Waals surface area contributed by atoms with Gasteiger partial charge in [-0.05, 0) is 29.7 Å². The summed E-state index contributed by atoms with van der Waals surface area (Å²) >= 11 is 5.87. The van der Waals surface area contributed by atoms with E-state index in [1.165, 1.54) is 5.56 Å². The molecule has 2 rings (SSSR count). The maximum Gasteiger partial charge on any atom is 0.224 e. The molecule has 4 heteroatoms. The first kappa shape index (κ1) is 10.2. The van der Waals surface area contributed by atoms with Crippen LogP contribution in [0.25, 0.3) is 10.9 Å². The lowest BCUT2D eigenvalue weighted by Crippen LogP contribution is -1.98. The highest BCUT2D eigenvalue weighted by Crippen LogP contribution is 2.24. The molecule has 0 bridgehead atoms. The van der Waals surface area contributed by atoms with Gasteiger partial charge in [-0.1, -0.05) is 19.1 Å². The van der Waals surface area contributed by atoms with Gasteiger partial charge in [0.05, 0.1) is 5.52 Å². The van der Waals surface area contributed by atoms with Gasteiger partial charge < -0.3 is 5.32 Å². The van der Waals surface area contributed by atoms with Gasteiger partial charge in [-0.2, -0.15) is 0 Å². The Bertz CT molecular complexity index is 496. The molecule has 0 atom stereocenters. The smallest absolute Gasteiger partial charge is 0.224 e. The van der Waals surface area contributed by atoms with Crippen LogP contribution in [0.2, 0.25) is 5.28 Å². The second-order valence-corrected chi connectivity index (χ2v) is 3.60. The predicted octanol–water partition coefficient (Wildman–Crippen LogP) is 2.89. The minimum absolute atomic E-state index is 0.285. The highest BCUT2D eigenvalue weighted by atomic mass is 35.5. The Morgan fingerprint density at radius 2 is 2.13 bits per heavy atom. The van der Waals surface area contributed by atoms with Crippen molar-refractivity contribution in [1.29, 1.82) is 0 Å². The number of nitrogens with zero attached hydrogens (tertiary/aromatic N) is 2. The lowest BCUT2D eigenvalue weighted by Gasteiger charge is -2.07. The number of hydrogen-bond acceptors (Lipinski definition) is 3. The van der Waals surface area contributed by atoms with Crippen LogP contribution in [0.4, 0.5) is 5.82 Å². The first-order chi connectivity index (χ1) is 7.26. The fourth-order valence-electron chi connectivity index (χ4n) is 1.66. The van der Waals surface area contributed by atoms with Crippen LogP contribution in [-0.2, 0) is 6.42 Å². The van der Waals surface area contributed by atoms with Crippen LogP contribution < -0.4 is 5.32 Å². The molecule has 0 saturated carbocycles. The Labute approximate surface area is 93.5 Å². The van der Waals surface area contributed by atoms with Crippen molar-refractivity contribution in [2.45, 2.75) is 13.3 Å². The lowest BCUT2D eigenvalue weighted by molar-refractivity contribution is 1.13. The molecule has 0 radical (unpaired) electrons. The number of anilines is 1. The fourth-order valence-corrected chi connectivity index (χ4v) is 1.83. The normalized spacial score (nSPS) is 10.6. The third-order valence-corrected chi connectivity index (χ3v) is 2.57. The van der Waals surface area contributed by atoms with E-state index in [0.717, 1.165) is 23.1 Å². The number of nitrogens with one attached hydrogen (secondary N) is 1. The number of rotatable bonds is 2. The quantitative estimate of drug-likeness (QED) is 0.793. The van der Waals surface area contributed by atoms with Gasteiger partial charge in [0.2, 0.25) is 5.28 Å². The Morgan fingerprint density at radius 3 is 2.80 bits per heavy atom. The minimum atomic E-state index is 0.285. The predicted molar refractivity (Wildman–Crippen MR) is 63.5 cm³/mol. The van der Waals surface area contributed by atoms with Gasteiger partial charge in [0.1, 0.15) is 5.82 Å². The van der Waals surface area contributed by atoms with Gasteiger partial charge >= 0.3 is 0 Å². The molecule has 0 spiro atoms. The van der Waals surface area contributed by atoms with E-state index in [1.54, 1.807) is 0 Å². The fraction of sp³-hybridized carbons (Fsp3) is 0.273. The third-order valence-electron chi connectivity index (χ3n) is 2.40. The van der Waals surface area contributed by atoms with Crippen LogP contribution >= 0.6 is 11.6 Å². The number of fused-ring (bicyclic) bond motifs is 1. The number of benzene rings is 1. The van der Waals surface area contributed by atoms with Crippen LogP contribution in [0.5, 0.6) is 0 Å². The highest BCUT2D eigenvalue weighted by molar-refractivity contribution is 6.28. The average Bonchev–Trinajstić information content (AvgIpc) is 2.27. The maximum atomic E-state index is 5.87. The van der Waals surface area contributed by atoms with Crippen molar-refractivity contribution in [3.05, 3.63) is 29.0 Å². The SMILES string of the molecule is CCc1cccc2c(NC)nc(Cl)nc12. The topological polar surface area (TPSA) is 37.8 Å². The first-order valence-electron chi connectivity index (χ1n) is 4.89. The largest absolute Gasteiger partial charge is 0.372 e. The molecule has 0 fully saturated rings. The molecule has 78 valence electrons. The van der Waals surface area contributed by atoms with Crippen LogP contribution in [-0.4, -0.2) is 17.0 Å². The zero-order valence-corrected chi connectivity index (χ0v) is 9.47. The standard InChI is InChI=1S/C11H12ClN3/c1-3-7-5-4-6-8-9(7)14-11(12)15-10(8)13-2/h4-6H,3H2,1-2H3,(H,13,14,15). The molecule has 2 aromatic rings. The summed E-state index contributed by atoms with van der Waals surface area (Å²) in [6.07, 6.45) is 0.938. The number of hydrogen-bond donors (Lipinski definition) is 1. The number of aryl methyl sites for hydroxylation is 1. The van der Waals surface area contributed by atoms with Crippen LogP contribution in [0.15, 0.2) is 18.2 Å². The summed E-state index contributed by atoms with van der Waals surface area (Å²) in [4.78, 5) is 8.41. The van der Waals surface area contributed by atoms with E-state index < -0.39 is 0 Å². The Hall–Kier alpha value is -1.35. The number of para-hydroxylation sites is 1. The Balaban J connectivity index is 2.82. The molecule has 0 aliphatic rings. The second kappa shape index (κ2) is 4.03. The van der Waals surface area contributed by atoms with Gasteiger partial charge in [0, 0.05) is 12.4 Å². The van der Waals surface area contributed by atoms with Gasteiger partial charge in [-0.15, -0.1) is 0 Å². The summed E-state index contributed by atoms with van der Waals surface area (Å²) in [5.41, 5.74) is 2.12. The zero-order valence-electron chi connectivity index (χ0n) is 8.71. The van der Waals surface area contributed by atoms with Crippen molar-refractivity contribution in [2.75, 3.05) is 12.4 Å². The van der Waals surface area contributed by atoms with Gasteiger partial charge in [0.25, 0.3) is 0 Å². The third kappa shape index (κ3) is 1.75. The summed E-state index contributed by atoms with van der Waals surface area (Å²) < 4.78 is 0. The first-order valence-corrected chi connectivity index (χ1v) is 5.27. The molecule has 0 aliphatic carbocycles. The van der Waals surface area contributed by atoms with Crippen molar-refractivity contribution in [1.82, 2.24) is 9.97 Å². The Kier molecular flexibility index (Phi) is 2.73. The monoisotopic (exact) mass is 221 g/mol. The zero-order chi connectivity index (χ0) is 10.8. The molecule has 1 aromatic carbocycles. The van der Waals surface area contributed by atoms with E-state index in [1.807, 2.05) is 19.2 Å². The molecule has 0 amide bonds. The summed E-state index contributed by atoms with van der Waals surface area (Å²) in [7, 11) is 1.83. The molecule has 1 aromatic heterocycles. The lowest BCUT2D eigenvalue weighted by atomic mass is 10.1.